The number of fused-ring (bicyclic) bond motifs is 3. The molecular formula is C19H22N2O4S. The van der Waals surface area contributed by atoms with E-state index in [0.29, 0.717) is 17.2 Å². The lowest BCUT2D eigenvalue weighted by molar-refractivity contribution is -0.148. The predicted molar refractivity (Wildman–Crippen MR) is 96.5 cm³/mol. The van der Waals surface area contributed by atoms with Crippen LogP contribution in [0.3, 0.4) is 0 Å². The highest BCUT2D eigenvalue weighted by atomic mass is 32.1. The number of aliphatic carboxylic acids is 1. The minimum atomic E-state index is -0.951. The molecule has 26 heavy (non-hydrogen) atoms. The number of carbonyl (C=O) groups excluding carboxylic acids is 2. The van der Waals surface area contributed by atoms with Crippen molar-refractivity contribution in [3.05, 3.63) is 33.5 Å². The molecule has 5 unspecified atom stereocenters. The molecule has 0 aliphatic heterocycles. The molecule has 7 heteroatoms. The van der Waals surface area contributed by atoms with Gasteiger partial charge in [0.25, 0.3) is 5.91 Å². The molecule has 3 aliphatic carbocycles. The van der Waals surface area contributed by atoms with Crippen LogP contribution in [0.4, 0.5) is 0 Å². The maximum atomic E-state index is 12.5. The molecule has 1 saturated carbocycles. The van der Waals surface area contributed by atoms with Crippen molar-refractivity contribution in [1.82, 2.24) is 10.9 Å². The van der Waals surface area contributed by atoms with Crippen molar-refractivity contribution in [3.63, 3.8) is 0 Å². The summed E-state index contributed by atoms with van der Waals surface area (Å²) >= 11 is 1.48. The third-order valence-corrected chi connectivity index (χ3v) is 7.14. The van der Waals surface area contributed by atoms with Gasteiger partial charge in [0.1, 0.15) is 0 Å². The summed E-state index contributed by atoms with van der Waals surface area (Å²) in [7, 11) is 0. The number of amides is 2. The van der Waals surface area contributed by atoms with Gasteiger partial charge in [-0.25, -0.2) is 0 Å². The Hall–Kier alpha value is -2.15. The van der Waals surface area contributed by atoms with Crippen molar-refractivity contribution in [2.75, 3.05) is 0 Å². The van der Waals surface area contributed by atoms with Gasteiger partial charge in [0.05, 0.1) is 16.7 Å². The fourth-order valence-corrected chi connectivity index (χ4v) is 5.70. The van der Waals surface area contributed by atoms with Gasteiger partial charge in [-0.05, 0) is 55.1 Å². The molecule has 1 aromatic rings. The molecule has 4 rings (SSSR count). The number of hydrogen-bond donors (Lipinski definition) is 3. The first-order valence-corrected chi connectivity index (χ1v) is 9.88. The molecule has 0 aromatic carbocycles. The second-order valence-electron chi connectivity index (χ2n) is 7.69. The second kappa shape index (κ2) is 6.54. The summed E-state index contributed by atoms with van der Waals surface area (Å²) in [4.78, 5) is 38.2. The number of carboxylic acid groups (broad SMARTS) is 1. The quantitative estimate of drug-likeness (QED) is 0.558. The molecule has 3 aliphatic rings. The molecule has 138 valence electrons. The van der Waals surface area contributed by atoms with Crippen molar-refractivity contribution >= 4 is 29.1 Å². The van der Waals surface area contributed by atoms with Crippen molar-refractivity contribution in [2.24, 2.45) is 29.6 Å². The number of allylic oxidation sites excluding steroid dienone is 2. The van der Waals surface area contributed by atoms with Crippen LogP contribution in [-0.4, -0.2) is 22.9 Å². The van der Waals surface area contributed by atoms with E-state index in [1.165, 1.54) is 21.8 Å². The van der Waals surface area contributed by atoms with Crippen LogP contribution < -0.4 is 10.9 Å². The van der Waals surface area contributed by atoms with E-state index in [2.05, 4.69) is 17.8 Å². The van der Waals surface area contributed by atoms with E-state index in [1.54, 1.807) is 0 Å². The van der Waals surface area contributed by atoms with Gasteiger partial charge in [-0.3, -0.25) is 25.2 Å². The first kappa shape index (κ1) is 17.3. The van der Waals surface area contributed by atoms with Gasteiger partial charge >= 0.3 is 5.97 Å². The first-order valence-electron chi connectivity index (χ1n) is 9.07. The van der Waals surface area contributed by atoms with Gasteiger partial charge in [0.15, 0.2) is 0 Å². The Balaban J connectivity index is 1.40. The Labute approximate surface area is 155 Å². The van der Waals surface area contributed by atoms with Crippen molar-refractivity contribution in [2.45, 2.75) is 32.6 Å². The van der Waals surface area contributed by atoms with Crippen LogP contribution in [0.1, 0.15) is 39.9 Å². The number of aryl methyl sites for hydroxylation is 1. The van der Waals surface area contributed by atoms with E-state index >= 15 is 0 Å². The molecule has 2 bridgehead atoms. The Morgan fingerprint density at radius 3 is 2.62 bits per heavy atom. The lowest BCUT2D eigenvalue weighted by Gasteiger charge is -2.23. The van der Waals surface area contributed by atoms with Crippen LogP contribution in [0.5, 0.6) is 0 Å². The molecule has 6 nitrogen and oxygen atoms in total. The van der Waals surface area contributed by atoms with Gasteiger partial charge < -0.3 is 5.11 Å². The van der Waals surface area contributed by atoms with E-state index in [-0.39, 0.29) is 17.7 Å². The average Bonchev–Trinajstić information content (AvgIpc) is 3.31. The molecule has 0 saturated heterocycles. The summed E-state index contributed by atoms with van der Waals surface area (Å²) in [5.74, 6) is -2.56. The Bertz CT molecular complexity index is 799. The van der Waals surface area contributed by atoms with Crippen LogP contribution in [0, 0.1) is 29.6 Å². The number of thiophene rings is 1. The normalized spacial score (nSPS) is 31.5. The average molecular weight is 374 g/mol. The summed E-state index contributed by atoms with van der Waals surface area (Å²) in [5, 5.41) is 9.43. The second-order valence-corrected chi connectivity index (χ2v) is 8.83. The van der Waals surface area contributed by atoms with Crippen molar-refractivity contribution < 1.29 is 19.5 Å². The largest absolute Gasteiger partial charge is 0.481 e. The summed E-state index contributed by atoms with van der Waals surface area (Å²) < 4.78 is 0. The highest BCUT2D eigenvalue weighted by molar-refractivity contribution is 7.14. The fraction of sp³-hybridized carbons (Fsp3) is 0.526. The highest BCUT2D eigenvalue weighted by Crippen LogP contribution is 2.48. The van der Waals surface area contributed by atoms with E-state index in [4.69, 9.17) is 0 Å². The molecule has 1 heterocycles. The molecule has 2 amide bonds. The van der Waals surface area contributed by atoms with Crippen molar-refractivity contribution in [1.29, 1.82) is 0 Å². The topological polar surface area (TPSA) is 95.5 Å². The Kier molecular flexibility index (Phi) is 4.34. The van der Waals surface area contributed by atoms with E-state index < -0.39 is 23.7 Å². The van der Waals surface area contributed by atoms with Gasteiger partial charge in [0.2, 0.25) is 5.91 Å². The molecule has 1 aromatic heterocycles. The number of hydrogen-bond acceptors (Lipinski definition) is 4. The summed E-state index contributed by atoms with van der Waals surface area (Å²) in [6, 6.07) is 1.91. The van der Waals surface area contributed by atoms with Crippen LogP contribution in [0.2, 0.25) is 0 Å². The lowest BCUT2D eigenvalue weighted by atomic mass is 9.82. The third kappa shape index (κ3) is 2.94. The molecule has 5 atom stereocenters. The zero-order valence-corrected chi connectivity index (χ0v) is 15.3. The third-order valence-electron chi connectivity index (χ3n) is 5.90. The number of nitrogens with one attached hydrogen (secondary N) is 2. The summed E-state index contributed by atoms with van der Waals surface area (Å²) in [6.07, 6.45) is 7.63. The van der Waals surface area contributed by atoms with Gasteiger partial charge in [0, 0.05) is 4.88 Å². The van der Waals surface area contributed by atoms with Crippen LogP contribution >= 0.6 is 11.3 Å². The summed E-state index contributed by atoms with van der Waals surface area (Å²) in [5.41, 5.74) is 6.15. The van der Waals surface area contributed by atoms with Crippen LogP contribution in [0.15, 0.2) is 18.2 Å². The Morgan fingerprint density at radius 1 is 1.15 bits per heavy atom. The monoisotopic (exact) mass is 374 g/mol. The van der Waals surface area contributed by atoms with Gasteiger partial charge in [-0.2, -0.15) is 0 Å². The maximum Gasteiger partial charge on any atom is 0.307 e. The standard InChI is InChI=1S/C19H22N2O4S/c1-9-2-5-13-12(6-9)8-14(26-13)17(22)20-21-18(23)15-10-3-4-11(7-10)16(15)19(24)25/h3-4,8-11,15-16H,2,5-7H2,1H3,(H,20,22)(H,21,23)(H,24,25). The Morgan fingerprint density at radius 2 is 1.88 bits per heavy atom. The molecule has 1 fully saturated rings. The highest BCUT2D eigenvalue weighted by Gasteiger charge is 2.51. The number of carbonyl (C=O) groups is 3. The smallest absolute Gasteiger partial charge is 0.307 e. The van der Waals surface area contributed by atoms with E-state index in [1.807, 2.05) is 18.2 Å². The molecule has 3 N–H and O–H groups in total. The summed E-state index contributed by atoms with van der Waals surface area (Å²) in [6.45, 7) is 2.21. The minimum Gasteiger partial charge on any atom is -0.481 e. The maximum absolute atomic E-state index is 12.5. The predicted octanol–water partition coefficient (Wildman–Crippen LogP) is 2.16. The van der Waals surface area contributed by atoms with Crippen LogP contribution in [0.25, 0.3) is 0 Å². The van der Waals surface area contributed by atoms with Crippen molar-refractivity contribution in [3.8, 4) is 0 Å². The SMILES string of the molecule is CC1CCc2sc(C(=O)NNC(=O)C3C4C=CC(C4)C3C(=O)O)cc2C1. The molecule has 0 spiro atoms. The first-order chi connectivity index (χ1) is 12.4. The zero-order chi connectivity index (χ0) is 18.4. The molecular weight excluding hydrogens is 352 g/mol. The number of carboxylic acids is 1. The van der Waals surface area contributed by atoms with Gasteiger partial charge in [-0.15, -0.1) is 11.3 Å². The van der Waals surface area contributed by atoms with Gasteiger partial charge in [-0.1, -0.05) is 19.1 Å². The lowest BCUT2D eigenvalue weighted by Crippen LogP contribution is -2.48. The minimum absolute atomic E-state index is 0.0615. The number of hydrazine groups is 1. The molecule has 0 radical (unpaired) electrons. The van der Waals surface area contributed by atoms with E-state index in [9.17, 15) is 19.5 Å². The van der Waals surface area contributed by atoms with E-state index in [0.717, 1.165) is 19.3 Å². The number of rotatable bonds is 3. The zero-order valence-electron chi connectivity index (χ0n) is 14.5. The fourth-order valence-electron chi connectivity index (χ4n) is 4.60. The van der Waals surface area contributed by atoms with Crippen LogP contribution in [-0.2, 0) is 22.4 Å².